The Hall–Kier alpha value is -3.28. The maximum Gasteiger partial charge on any atom is 0.241 e. The van der Waals surface area contributed by atoms with E-state index in [4.69, 9.17) is 9.97 Å². The number of likely N-dealkylation sites (tertiary alicyclic amines) is 1. The average Bonchev–Trinajstić information content (AvgIpc) is 3.33. The van der Waals surface area contributed by atoms with Crippen LogP contribution in [0.3, 0.4) is 0 Å². The molecule has 6 nitrogen and oxygen atoms in total. The van der Waals surface area contributed by atoms with Crippen molar-refractivity contribution in [3.63, 3.8) is 0 Å². The fourth-order valence-electron chi connectivity index (χ4n) is 4.81. The van der Waals surface area contributed by atoms with E-state index in [0.29, 0.717) is 11.7 Å². The number of benzene rings is 1. The quantitative estimate of drug-likeness (QED) is 0.646. The van der Waals surface area contributed by atoms with Gasteiger partial charge in [0.1, 0.15) is 5.82 Å². The molecule has 1 amide bonds. The number of anilines is 1. The zero-order valence-corrected chi connectivity index (χ0v) is 18.3. The van der Waals surface area contributed by atoms with Crippen molar-refractivity contribution in [3.05, 3.63) is 71.7 Å². The highest BCUT2D eigenvalue weighted by Crippen LogP contribution is 2.29. The number of fused-ring (bicyclic) bond motifs is 1. The first-order valence-corrected chi connectivity index (χ1v) is 11.6. The molecule has 0 saturated carbocycles. The van der Waals surface area contributed by atoms with Gasteiger partial charge in [-0.15, -0.1) is 0 Å². The number of amides is 1. The average molecular weight is 428 g/mol. The third kappa shape index (κ3) is 4.64. The highest BCUT2D eigenvalue weighted by Gasteiger charge is 2.24. The van der Waals surface area contributed by atoms with E-state index in [9.17, 15) is 4.79 Å². The Kier molecular flexibility index (Phi) is 6.10. The van der Waals surface area contributed by atoms with Crippen LogP contribution < -0.4 is 5.32 Å². The van der Waals surface area contributed by atoms with Crippen LogP contribution in [0.25, 0.3) is 11.4 Å². The van der Waals surface area contributed by atoms with Gasteiger partial charge in [-0.05, 0) is 62.1 Å². The Morgan fingerprint density at radius 2 is 1.78 bits per heavy atom. The first kappa shape index (κ1) is 20.6. The standard InChI is InChI=1S/C26H29N5O/c32-24(31-15-11-20(12-16-31)17-19-5-2-1-3-6-19)18-28-26-22-7-4-8-23(22)29-25(30-26)21-9-13-27-14-10-21/h1-3,5-6,9-10,13-14,20H,4,7-8,11-12,15-18H2,(H,28,29,30). The minimum absolute atomic E-state index is 0.152. The number of nitrogens with one attached hydrogen (secondary N) is 1. The lowest BCUT2D eigenvalue weighted by Crippen LogP contribution is -2.41. The second-order valence-corrected chi connectivity index (χ2v) is 8.78. The molecule has 32 heavy (non-hydrogen) atoms. The first-order valence-electron chi connectivity index (χ1n) is 11.6. The van der Waals surface area contributed by atoms with E-state index < -0.39 is 0 Å². The van der Waals surface area contributed by atoms with Crippen molar-refractivity contribution < 1.29 is 4.79 Å². The number of hydrogen-bond donors (Lipinski definition) is 1. The molecule has 0 unspecified atom stereocenters. The molecule has 3 aromatic rings. The summed E-state index contributed by atoms with van der Waals surface area (Å²) in [5.74, 6) is 2.32. The van der Waals surface area contributed by atoms with Crippen LogP contribution in [0.5, 0.6) is 0 Å². The molecule has 6 heteroatoms. The van der Waals surface area contributed by atoms with Gasteiger partial charge in [0.05, 0.1) is 6.54 Å². The van der Waals surface area contributed by atoms with Crippen molar-refractivity contribution in [2.45, 2.75) is 38.5 Å². The molecule has 1 aliphatic carbocycles. The summed E-state index contributed by atoms with van der Waals surface area (Å²) in [6.07, 6.45) is 9.76. The summed E-state index contributed by atoms with van der Waals surface area (Å²) in [5.41, 5.74) is 4.60. The van der Waals surface area contributed by atoms with Gasteiger partial charge in [0.25, 0.3) is 0 Å². The van der Waals surface area contributed by atoms with Gasteiger partial charge in [-0.1, -0.05) is 30.3 Å². The molecule has 0 atom stereocenters. The molecule has 164 valence electrons. The van der Waals surface area contributed by atoms with E-state index in [0.717, 1.165) is 74.3 Å². The SMILES string of the molecule is O=C(CNc1nc(-c2ccncc2)nc2c1CCC2)N1CCC(Cc2ccccc2)CC1. The molecular weight excluding hydrogens is 398 g/mol. The summed E-state index contributed by atoms with van der Waals surface area (Å²) in [7, 11) is 0. The number of carbonyl (C=O) groups is 1. The lowest BCUT2D eigenvalue weighted by Gasteiger charge is -2.32. The number of carbonyl (C=O) groups excluding carboxylic acids is 1. The molecule has 0 bridgehead atoms. The van der Waals surface area contributed by atoms with Gasteiger partial charge in [0.2, 0.25) is 5.91 Å². The van der Waals surface area contributed by atoms with Crippen LogP contribution in [-0.4, -0.2) is 45.4 Å². The van der Waals surface area contributed by atoms with Gasteiger partial charge < -0.3 is 10.2 Å². The molecule has 0 radical (unpaired) electrons. The van der Waals surface area contributed by atoms with E-state index in [1.54, 1.807) is 12.4 Å². The molecule has 1 aliphatic heterocycles. The molecule has 3 heterocycles. The topological polar surface area (TPSA) is 71.0 Å². The molecule has 5 rings (SSSR count). The summed E-state index contributed by atoms with van der Waals surface area (Å²) in [5, 5.41) is 3.35. The Labute approximate surface area is 189 Å². The summed E-state index contributed by atoms with van der Waals surface area (Å²) in [6, 6.07) is 14.5. The molecular formula is C26H29N5O. The maximum atomic E-state index is 12.9. The molecule has 1 saturated heterocycles. The van der Waals surface area contributed by atoms with E-state index in [1.165, 1.54) is 5.56 Å². The van der Waals surface area contributed by atoms with Crippen LogP contribution in [-0.2, 0) is 24.1 Å². The molecule has 1 N–H and O–H groups in total. The summed E-state index contributed by atoms with van der Waals surface area (Å²) < 4.78 is 0. The lowest BCUT2D eigenvalue weighted by atomic mass is 9.90. The Morgan fingerprint density at radius 3 is 2.56 bits per heavy atom. The minimum Gasteiger partial charge on any atom is -0.361 e. The van der Waals surface area contributed by atoms with Gasteiger partial charge in [0.15, 0.2) is 5.82 Å². The summed E-state index contributed by atoms with van der Waals surface area (Å²) in [6.45, 7) is 1.95. The largest absolute Gasteiger partial charge is 0.361 e. The van der Waals surface area contributed by atoms with Crippen LogP contribution in [0.4, 0.5) is 5.82 Å². The second-order valence-electron chi connectivity index (χ2n) is 8.78. The van der Waals surface area contributed by atoms with E-state index >= 15 is 0 Å². The highest BCUT2D eigenvalue weighted by atomic mass is 16.2. The van der Waals surface area contributed by atoms with Crippen molar-refractivity contribution in [2.75, 3.05) is 25.0 Å². The normalized spacial score (nSPS) is 16.1. The van der Waals surface area contributed by atoms with E-state index in [-0.39, 0.29) is 12.5 Å². The van der Waals surface area contributed by atoms with Crippen molar-refractivity contribution in [1.82, 2.24) is 19.9 Å². The molecule has 1 fully saturated rings. The summed E-state index contributed by atoms with van der Waals surface area (Å²) in [4.78, 5) is 28.5. The Bertz CT molecular complexity index is 1060. The van der Waals surface area contributed by atoms with Crippen molar-refractivity contribution >= 4 is 11.7 Å². The van der Waals surface area contributed by atoms with Crippen LogP contribution >= 0.6 is 0 Å². The minimum atomic E-state index is 0.152. The van der Waals surface area contributed by atoms with Gasteiger partial charge in [-0.25, -0.2) is 9.97 Å². The monoisotopic (exact) mass is 427 g/mol. The van der Waals surface area contributed by atoms with Gasteiger partial charge in [-0.3, -0.25) is 9.78 Å². The van der Waals surface area contributed by atoms with Gasteiger partial charge >= 0.3 is 0 Å². The fourth-order valence-corrected chi connectivity index (χ4v) is 4.81. The predicted molar refractivity (Wildman–Crippen MR) is 125 cm³/mol. The highest BCUT2D eigenvalue weighted by molar-refractivity contribution is 5.81. The van der Waals surface area contributed by atoms with Crippen LogP contribution in [0.1, 0.15) is 36.1 Å². The van der Waals surface area contributed by atoms with Gasteiger partial charge in [-0.2, -0.15) is 0 Å². The van der Waals surface area contributed by atoms with Crippen LogP contribution in [0.2, 0.25) is 0 Å². The lowest BCUT2D eigenvalue weighted by molar-refractivity contribution is -0.130. The Balaban J connectivity index is 1.20. The van der Waals surface area contributed by atoms with Crippen molar-refractivity contribution in [1.29, 1.82) is 0 Å². The number of pyridine rings is 1. The Morgan fingerprint density at radius 1 is 1.00 bits per heavy atom. The molecule has 2 aromatic heterocycles. The van der Waals surface area contributed by atoms with E-state index in [2.05, 4.69) is 40.6 Å². The molecule has 1 aromatic carbocycles. The number of aryl methyl sites for hydroxylation is 1. The predicted octanol–water partition coefficient (Wildman–Crippen LogP) is 3.92. The third-order valence-corrected chi connectivity index (χ3v) is 6.61. The zero-order valence-electron chi connectivity index (χ0n) is 18.3. The zero-order chi connectivity index (χ0) is 21.8. The van der Waals surface area contributed by atoms with Crippen LogP contribution in [0, 0.1) is 5.92 Å². The summed E-state index contributed by atoms with van der Waals surface area (Å²) >= 11 is 0. The third-order valence-electron chi connectivity index (χ3n) is 6.61. The number of nitrogens with zero attached hydrogens (tertiary/aromatic N) is 4. The number of piperidine rings is 1. The number of aromatic nitrogens is 3. The van der Waals surface area contributed by atoms with Crippen molar-refractivity contribution in [2.24, 2.45) is 5.92 Å². The number of hydrogen-bond acceptors (Lipinski definition) is 5. The molecule has 0 spiro atoms. The van der Waals surface area contributed by atoms with E-state index in [1.807, 2.05) is 17.0 Å². The smallest absolute Gasteiger partial charge is 0.241 e. The van der Waals surface area contributed by atoms with Gasteiger partial charge in [0, 0.05) is 42.3 Å². The maximum absolute atomic E-state index is 12.9. The number of rotatable bonds is 6. The van der Waals surface area contributed by atoms with Crippen LogP contribution in [0.15, 0.2) is 54.9 Å². The second kappa shape index (κ2) is 9.47. The fraction of sp³-hybridized carbons (Fsp3) is 0.385. The van der Waals surface area contributed by atoms with Crippen molar-refractivity contribution in [3.8, 4) is 11.4 Å². The first-order chi connectivity index (χ1) is 15.8. The molecule has 2 aliphatic rings.